The highest BCUT2D eigenvalue weighted by molar-refractivity contribution is 6.05. The van der Waals surface area contributed by atoms with Crippen LogP contribution in [0.2, 0.25) is 0 Å². The molecule has 1 unspecified atom stereocenters. The van der Waals surface area contributed by atoms with Gasteiger partial charge in [0.15, 0.2) is 5.69 Å². The van der Waals surface area contributed by atoms with Gasteiger partial charge in [0, 0.05) is 24.2 Å². The summed E-state index contributed by atoms with van der Waals surface area (Å²) >= 11 is 0. The number of ether oxygens (including phenoxy) is 1. The lowest BCUT2D eigenvalue weighted by atomic mass is 10.0. The third-order valence-electron chi connectivity index (χ3n) is 5.69. The van der Waals surface area contributed by atoms with Crippen LogP contribution in [0.15, 0.2) is 54.7 Å². The number of nitrogens with one attached hydrogen (secondary N) is 3. The van der Waals surface area contributed by atoms with Crippen molar-refractivity contribution in [2.75, 3.05) is 14.2 Å². The van der Waals surface area contributed by atoms with E-state index in [0.29, 0.717) is 27.6 Å². The number of carbonyl (C=O) groups excluding carboxylic acids is 2. The zero-order valence-corrected chi connectivity index (χ0v) is 19.5. The molecular formula is C25H22F3N5O3. The summed E-state index contributed by atoms with van der Waals surface area (Å²) in [4.78, 5) is 29.3. The highest BCUT2D eigenvalue weighted by Crippen LogP contribution is 2.31. The molecule has 4 rings (SSSR count). The third kappa shape index (κ3) is 4.85. The molecule has 8 nitrogen and oxygen atoms in total. The van der Waals surface area contributed by atoms with Gasteiger partial charge in [0.05, 0.1) is 24.2 Å². The van der Waals surface area contributed by atoms with Crippen LogP contribution in [0.5, 0.6) is 5.88 Å². The SMILES string of the molecule is CNC(=O)c1n[nH]c2cc(-c3cnc(OC)c(C(=O)NC(C)c4cccc(C(F)(F)F)c4)c3)ccc12. The molecule has 3 N–H and O–H groups in total. The molecule has 0 bridgehead atoms. The Labute approximate surface area is 203 Å². The molecule has 0 radical (unpaired) electrons. The molecule has 0 saturated heterocycles. The Morgan fingerprint density at radius 2 is 1.83 bits per heavy atom. The molecule has 2 aromatic heterocycles. The lowest BCUT2D eigenvalue weighted by molar-refractivity contribution is -0.137. The van der Waals surface area contributed by atoms with Gasteiger partial charge in [0.1, 0.15) is 5.56 Å². The fourth-order valence-corrected chi connectivity index (χ4v) is 3.77. The molecule has 36 heavy (non-hydrogen) atoms. The van der Waals surface area contributed by atoms with Crippen LogP contribution in [-0.4, -0.2) is 41.2 Å². The number of rotatable bonds is 6. The molecule has 2 amide bonds. The fraction of sp³-hybridized carbons (Fsp3) is 0.200. The van der Waals surface area contributed by atoms with Gasteiger partial charge in [-0.2, -0.15) is 18.3 Å². The van der Waals surface area contributed by atoms with Gasteiger partial charge in [0.2, 0.25) is 5.88 Å². The summed E-state index contributed by atoms with van der Waals surface area (Å²) < 4.78 is 44.5. The Hall–Kier alpha value is -4.41. The standard InChI is InChI=1S/C25H22F3N5O3/c1-13(14-5-4-6-17(9-14)25(26,27)28)31-22(34)19-10-16(12-30-24(19)36-3)15-7-8-18-20(11-15)32-33-21(18)23(35)29-2/h4-13H,1-3H3,(H,29,35)(H,31,34)(H,32,33). The molecule has 186 valence electrons. The molecule has 0 aliphatic carbocycles. The molecule has 2 heterocycles. The molecule has 2 aromatic carbocycles. The minimum Gasteiger partial charge on any atom is -0.480 e. The van der Waals surface area contributed by atoms with E-state index in [4.69, 9.17) is 4.74 Å². The Balaban J connectivity index is 1.63. The largest absolute Gasteiger partial charge is 0.480 e. The maximum atomic E-state index is 13.1. The summed E-state index contributed by atoms with van der Waals surface area (Å²) in [6.45, 7) is 1.59. The second-order valence-corrected chi connectivity index (χ2v) is 8.01. The molecule has 0 aliphatic heterocycles. The maximum absolute atomic E-state index is 13.1. The topological polar surface area (TPSA) is 109 Å². The van der Waals surface area contributed by atoms with Gasteiger partial charge in [0.25, 0.3) is 11.8 Å². The van der Waals surface area contributed by atoms with Gasteiger partial charge in [-0.25, -0.2) is 4.98 Å². The smallest absolute Gasteiger partial charge is 0.416 e. The highest BCUT2D eigenvalue weighted by Gasteiger charge is 2.31. The van der Waals surface area contributed by atoms with Gasteiger partial charge >= 0.3 is 6.18 Å². The zero-order valence-electron chi connectivity index (χ0n) is 19.5. The third-order valence-corrected chi connectivity index (χ3v) is 5.69. The minimum atomic E-state index is -4.49. The van der Waals surface area contributed by atoms with Crippen LogP contribution < -0.4 is 15.4 Å². The van der Waals surface area contributed by atoms with E-state index in [0.717, 1.165) is 12.1 Å². The van der Waals surface area contributed by atoms with Gasteiger partial charge in [-0.15, -0.1) is 0 Å². The average Bonchev–Trinajstić information content (AvgIpc) is 3.30. The molecule has 11 heteroatoms. The van der Waals surface area contributed by atoms with Gasteiger partial charge in [-0.1, -0.05) is 18.2 Å². The summed E-state index contributed by atoms with van der Waals surface area (Å²) in [6.07, 6.45) is -2.96. The molecule has 1 atom stereocenters. The van der Waals surface area contributed by atoms with Gasteiger partial charge in [-0.05, 0) is 48.4 Å². The Morgan fingerprint density at radius 1 is 1.06 bits per heavy atom. The van der Waals surface area contributed by atoms with E-state index in [9.17, 15) is 22.8 Å². The number of hydrogen-bond acceptors (Lipinski definition) is 5. The average molecular weight is 497 g/mol. The first-order valence-corrected chi connectivity index (χ1v) is 10.8. The van der Waals surface area contributed by atoms with Gasteiger partial charge < -0.3 is 15.4 Å². The van der Waals surface area contributed by atoms with Crippen molar-refractivity contribution in [1.82, 2.24) is 25.8 Å². The summed E-state index contributed by atoms with van der Waals surface area (Å²) in [6, 6.07) is 10.9. The van der Waals surface area contributed by atoms with Crippen molar-refractivity contribution in [3.8, 4) is 17.0 Å². The lowest BCUT2D eigenvalue weighted by Crippen LogP contribution is -2.27. The number of carbonyl (C=O) groups is 2. The number of aromatic amines is 1. The number of H-pyrrole nitrogens is 1. The predicted octanol–water partition coefficient (Wildman–Crippen LogP) is 4.50. The van der Waals surface area contributed by atoms with E-state index in [1.165, 1.54) is 32.5 Å². The van der Waals surface area contributed by atoms with Crippen molar-refractivity contribution in [3.05, 3.63) is 77.1 Å². The number of nitrogens with zero attached hydrogens (tertiary/aromatic N) is 2. The van der Waals surface area contributed by atoms with Crippen molar-refractivity contribution in [3.63, 3.8) is 0 Å². The summed E-state index contributed by atoms with van der Waals surface area (Å²) in [5, 5.41) is 12.7. The number of pyridine rings is 1. The summed E-state index contributed by atoms with van der Waals surface area (Å²) in [5.74, 6) is -0.818. The van der Waals surface area contributed by atoms with Crippen LogP contribution in [-0.2, 0) is 6.18 Å². The quantitative estimate of drug-likeness (QED) is 0.363. The van der Waals surface area contributed by atoms with E-state index < -0.39 is 23.7 Å². The van der Waals surface area contributed by atoms with Crippen molar-refractivity contribution >= 4 is 22.7 Å². The monoisotopic (exact) mass is 497 g/mol. The van der Waals surface area contributed by atoms with Crippen LogP contribution in [0.4, 0.5) is 13.2 Å². The molecule has 0 saturated carbocycles. The second-order valence-electron chi connectivity index (χ2n) is 8.01. The maximum Gasteiger partial charge on any atom is 0.416 e. The number of halogens is 3. The number of aromatic nitrogens is 3. The zero-order chi connectivity index (χ0) is 26.0. The van der Waals surface area contributed by atoms with E-state index in [1.807, 2.05) is 0 Å². The van der Waals surface area contributed by atoms with E-state index in [-0.39, 0.29) is 23.0 Å². The van der Waals surface area contributed by atoms with Crippen LogP contribution in [0.25, 0.3) is 22.0 Å². The van der Waals surface area contributed by atoms with Crippen molar-refractivity contribution in [2.45, 2.75) is 19.1 Å². The number of amides is 2. The van der Waals surface area contributed by atoms with Crippen molar-refractivity contribution < 1.29 is 27.5 Å². The van der Waals surface area contributed by atoms with Crippen LogP contribution in [0, 0.1) is 0 Å². The Kier molecular flexibility index (Phi) is 6.65. The number of methoxy groups -OCH3 is 1. The van der Waals surface area contributed by atoms with E-state index in [1.54, 1.807) is 31.2 Å². The molecular weight excluding hydrogens is 475 g/mol. The highest BCUT2D eigenvalue weighted by atomic mass is 19.4. The van der Waals surface area contributed by atoms with Crippen LogP contribution in [0.1, 0.15) is 44.9 Å². The number of alkyl halides is 3. The first kappa shape index (κ1) is 24.7. The summed E-state index contributed by atoms with van der Waals surface area (Å²) in [5.41, 5.74) is 1.79. The van der Waals surface area contributed by atoms with Gasteiger partial charge in [-0.3, -0.25) is 14.7 Å². The van der Waals surface area contributed by atoms with Crippen molar-refractivity contribution in [1.29, 1.82) is 0 Å². The van der Waals surface area contributed by atoms with Crippen molar-refractivity contribution in [2.24, 2.45) is 0 Å². The Bertz CT molecular complexity index is 1450. The second kappa shape index (κ2) is 9.68. The number of hydrogen-bond donors (Lipinski definition) is 3. The normalized spacial score (nSPS) is 12.3. The van der Waals surface area contributed by atoms with Crippen LogP contribution in [0.3, 0.4) is 0 Å². The molecule has 0 fully saturated rings. The molecule has 0 aliphatic rings. The Morgan fingerprint density at radius 3 is 2.53 bits per heavy atom. The number of fused-ring (bicyclic) bond motifs is 1. The first-order valence-electron chi connectivity index (χ1n) is 10.8. The lowest BCUT2D eigenvalue weighted by Gasteiger charge is -2.17. The number of benzene rings is 2. The van der Waals surface area contributed by atoms with E-state index in [2.05, 4.69) is 25.8 Å². The molecule has 4 aromatic rings. The first-order chi connectivity index (χ1) is 17.1. The predicted molar refractivity (Wildman–Crippen MR) is 127 cm³/mol. The van der Waals surface area contributed by atoms with E-state index >= 15 is 0 Å². The van der Waals surface area contributed by atoms with Crippen LogP contribution >= 0.6 is 0 Å². The molecule has 0 spiro atoms. The summed E-state index contributed by atoms with van der Waals surface area (Å²) in [7, 11) is 2.88. The minimum absolute atomic E-state index is 0.0667. The fourth-order valence-electron chi connectivity index (χ4n) is 3.77.